The molecule has 106 valence electrons. The standard InChI is InChI=1S/C17H21ClN2/c1-3-13-5-7-16(20-11-13)10-14-6-8-17(18)15(9-14)12-19-4-2/h5-9,11,19H,3-4,10,12H2,1-2H3. The van der Waals surface area contributed by atoms with E-state index in [2.05, 4.69) is 48.4 Å². The van der Waals surface area contributed by atoms with Crippen LogP contribution in [0.1, 0.15) is 36.2 Å². The molecule has 1 aromatic heterocycles. The highest BCUT2D eigenvalue weighted by atomic mass is 35.5. The van der Waals surface area contributed by atoms with Crippen LogP contribution in [0.3, 0.4) is 0 Å². The van der Waals surface area contributed by atoms with E-state index in [4.69, 9.17) is 11.6 Å². The molecule has 0 aliphatic carbocycles. The summed E-state index contributed by atoms with van der Waals surface area (Å²) in [6, 6.07) is 10.5. The van der Waals surface area contributed by atoms with Gasteiger partial charge in [-0.1, -0.05) is 43.6 Å². The highest BCUT2D eigenvalue weighted by molar-refractivity contribution is 6.31. The van der Waals surface area contributed by atoms with Gasteiger partial charge < -0.3 is 5.32 Å². The molecule has 0 unspecified atom stereocenters. The van der Waals surface area contributed by atoms with Crippen LogP contribution >= 0.6 is 11.6 Å². The number of nitrogens with zero attached hydrogens (tertiary/aromatic N) is 1. The van der Waals surface area contributed by atoms with E-state index in [1.807, 2.05) is 12.3 Å². The minimum Gasteiger partial charge on any atom is -0.313 e. The summed E-state index contributed by atoms with van der Waals surface area (Å²) in [7, 11) is 0. The van der Waals surface area contributed by atoms with Crippen LogP contribution in [0.4, 0.5) is 0 Å². The Morgan fingerprint density at radius 1 is 1.10 bits per heavy atom. The van der Waals surface area contributed by atoms with Gasteiger partial charge in [-0.25, -0.2) is 0 Å². The molecule has 0 spiro atoms. The maximum absolute atomic E-state index is 6.22. The van der Waals surface area contributed by atoms with Crippen LogP contribution < -0.4 is 5.32 Å². The second-order valence-electron chi connectivity index (χ2n) is 4.89. The van der Waals surface area contributed by atoms with Gasteiger partial charge in [0.2, 0.25) is 0 Å². The molecule has 0 fully saturated rings. The molecule has 3 heteroatoms. The molecule has 0 radical (unpaired) electrons. The van der Waals surface area contributed by atoms with E-state index < -0.39 is 0 Å². The fourth-order valence-electron chi connectivity index (χ4n) is 2.11. The number of rotatable bonds is 6. The minimum absolute atomic E-state index is 0.811. The van der Waals surface area contributed by atoms with Crippen molar-refractivity contribution in [2.45, 2.75) is 33.2 Å². The molecular weight excluding hydrogens is 268 g/mol. The quantitative estimate of drug-likeness (QED) is 0.869. The van der Waals surface area contributed by atoms with Gasteiger partial charge in [0, 0.05) is 29.9 Å². The van der Waals surface area contributed by atoms with E-state index in [1.54, 1.807) is 0 Å². The average molecular weight is 289 g/mol. The van der Waals surface area contributed by atoms with Gasteiger partial charge in [-0.3, -0.25) is 4.98 Å². The SMILES string of the molecule is CCNCc1cc(Cc2ccc(CC)cn2)ccc1Cl. The second-order valence-corrected chi connectivity index (χ2v) is 5.30. The van der Waals surface area contributed by atoms with Crippen molar-refractivity contribution in [1.82, 2.24) is 10.3 Å². The summed E-state index contributed by atoms with van der Waals surface area (Å²) in [5, 5.41) is 4.13. The lowest BCUT2D eigenvalue weighted by Crippen LogP contribution is -2.12. The van der Waals surface area contributed by atoms with Gasteiger partial charge in [0.15, 0.2) is 0 Å². The molecule has 2 nitrogen and oxygen atoms in total. The number of benzene rings is 1. The summed E-state index contributed by atoms with van der Waals surface area (Å²) >= 11 is 6.22. The zero-order chi connectivity index (χ0) is 14.4. The fourth-order valence-corrected chi connectivity index (χ4v) is 2.30. The first-order valence-electron chi connectivity index (χ1n) is 7.14. The fraction of sp³-hybridized carbons (Fsp3) is 0.353. The lowest BCUT2D eigenvalue weighted by Gasteiger charge is -2.08. The van der Waals surface area contributed by atoms with Gasteiger partial charge >= 0.3 is 0 Å². The smallest absolute Gasteiger partial charge is 0.0451 e. The van der Waals surface area contributed by atoms with Gasteiger partial charge in [-0.2, -0.15) is 0 Å². The van der Waals surface area contributed by atoms with Crippen LogP contribution in [0.25, 0.3) is 0 Å². The summed E-state index contributed by atoms with van der Waals surface area (Å²) in [6.07, 6.45) is 3.84. The molecule has 0 atom stereocenters. The van der Waals surface area contributed by atoms with Crippen LogP contribution in [-0.2, 0) is 19.4 Å². The summed E-state index contributed by atoms with van der Waals surface area (Å²) in [5.41, 5.74) is 4.77. The second kappa shape index (κ2) is 7.41. The third-order valence-corrected chi connectivity index (χ3v) is 3.72. The molecule has 0 bridgehead atoms. The number of halogens is 1. The molecule has 20 heavy (non-hydrogen) atoms. The summed E-state index contributed by atoms with van der Waals surface area (Å²) in [5.74, 6) is 0. The highest BCUT2D eigenvalue weighted by Crippen LogP contribution is 2.19. The molecule has 1 aromatic carbocycles. The van der Waals surface area contributed by atoms with Gasteiger partial charge in [-0.15, -0.1) is 0 Å². The Hall–Kier alpha value is -1.38. The molecule has 0 amide bonds. The average Bonchev–Trinajstić information content (AvgIpc) is 2.48. The zero-order valence-corrected chi connectivity index (χ0v) is 12.9. The molecular formula is C17H21ClN2. The molecule has 1 N–H and O–H groups in total. The first kappa shape index (κ1) is 15.0. The predicted octanol–water partition coefficient (Wildman–Crippen LogP) is 4.00. The highest BCUT2D eigenvalue weighted by Gasteiger charge is 2.04. The topological polar surface area (TPSA) is 24.9 Å². The number of aryl methyl sites for hydroxylation is 1. The van der Waals surface area contributed by atoms with E-state index in [-0.39, 0.29) is 0 Å². The Kier molecular flexibility index (Phi) is 5.57. The lowest BCUT2D eigenvalue weighted by molar-refractivity contribution is 0.726. The number of hydrogen-bond acceptors (Lipinski definition) is 2. The number of aromatic nitrogens is 1. The van der Waals surface area contributed by atoms with Crippen molar-refractivity contribution < 1.29 is 0 Å². The van der Waals surface area contributed by atoms with Crippen molar-refractivity contribution in [1.29, 1.82) is 0 Å². The van der Waals surface area contributed by atoms with Crippen LogP contribution in [0.5, 0.6) is 0 Å². The predicted molar refractivity (Wildman–Crippen MR) is 85.3 cm³/mol. The van der Waals surface area contributed by atoms with Crippen molar-refractivity contribution >= 4 is 11.6 Å². The molecule has 2 rings (SSSR count). The Bertz CT molecular complexity index is 549. The minimum atomic E-state index is 0.811. The normalized spacial score (nSPS) is 10.8. The molecule has 2 aromatic rings. The molecule has 0 saturated carbocycles. The monoisotopic (exact) mass is 288 g/mol. The van der Waals surface area contributed by atoms with Crippen molar-refractivity contribution in [3.05, 3.63) is 63.9 Å². The van der Waals surface area contributed by atoms with Gasteiger partial charge in [0.1, 0.15) is 0 Å². The van der Waals surface area contributed by atoms with Crippen LogP contribution in [0.15, 0.2) is 36.5 Å². The van der Waals surface area contributed by atoms with Gasteiger partial charge in [0.05, 0.1) is 0 Å². The third-order valence-electron chi connectivity index (χ3n) is 3.36. The van der Waals surface area contributed by atoms with E-state index in [0.29, 0.717) is 0 Å². The first-order valence-corrected chi connectivity index (χ1v) is 7.52. The number of hydrogen-bond donors (Lipinski definition) is 1. The van der Waals surface area contributed by atoms with Crippen molar-refractivity contribution in [2.24, 2.45) is 0 Å². The summed E-state index contributed by atoms with van der Waals surface area (Å²) in [4.78, 5) is 4.51. The summed E-state index contributed by atoms with van der Waals surface area (Å²) < 4.78 is 0. The Morgan fingerprint density at radius 2 is 1.90 bits per heavy atom. The lowest BCUT2D eigenvalue weighted by atomic mass is 10.1. The Balaban J connectivity index is 2.11. The number of pyridine rings is 1. The first-order chi connectivity index (χ1) is 9.72. The Labute approximate surface area is 126 Å². The van der Waals surface area contributed by atoms with Gasteiger partial charge in [0.25, 0.3) is 0 Å². The largest absolute Gasteiger partial charge is 0.313 e. The third kappa shape index (κ3) is 4.06. The van der Waals surface area contributed by atoms with Crippen LogP contribution in [0, 0.1) is 0 Å². The molecule has 0 aliphatic rings. The van der Waals surface area contributed by atoms with Crippen LogP contribution in [0.2, 0.25) is 5.02 Å². The maximum Gasteiger partial charge on any atom is 0.0451 e. The van der Waals surface area contributed by atoms with E-state index in [9.17, 15) is 0 Å². The van der Waals surface area contributed by atoms with Gasteiger partial charge in [-0.05, 0) is 41.8 Å². The van der Waals surface area contributed by atoms with E-state index in [0.717, 1.165) is 42.2 Å². The van der Waals surface area contributed by atoms with Crippen molar-refractivity contribution in [2.75, 3.05) is 6.54 Å². The molecule has 1 heterocycles. The molecule has 0 aliphatic heterocycles. The maximum atomic E-state index is 6.22. The number of nitrogens with one attached hydrogen (secondary N) is 1. The Morgan fingerprint density at radius 3 is 2.55 bits per heavy atom. The van der Waals surface area contributed by atoms with Crippen molar-refractivity contribution in [3.8, 4) is 0 Å². The summed E-state index contributed by atoms with van der Waals surface area (Å²) in [6.45, 7) is 5.99. The molecule has 0 saturated heterocycles. The van der Waals surface area contributed by atoms with E-state index >= 15 is 0 Å². The van der Waals surface area contributed by atoms with Crippen LogP contribution in [-0.4, -0.2) is 11.5 Å². The zero-order valence-electron chi connectivity index (χ0n) is 12.1. The van der Waals surface area contributed by atoms with Crippen molar-refractivity contribution in [3.63, 3.8) is 0 Å². The van der Waals surface area contributed by atoms with E-state index in [1.165, 1.54) is 11.1 Å².